The predicted octanol–water partition coefficient (Wildman–Crippen LogP) is 4.97. The van der Waals surface area contributed by atoms with Crippen LogP contribution in [-0.2, 0) is 0 Å². The number of benzene rings is 2. The molecule has 0 saturated carbocycles. The van der Waals surface area contributed by atoms with Crippen molar-refractivity contribution in [2.24, 2.45) is 0 Å². The minimum atomic E-state index is -0.474. The molecule has 3 aromatic rings. The Labute approximate surface area is 143 Å². The molecule has 0 bridgehead atoms. The number of ether oxygens (including phenoxy) is 1. The molecular weight excluding hydrogens is 328 g/mol. The summed E-state index contributed by atoms with van der Waals surface area (Å²) in [6.45, 7) is 3.81. The second kappa shape index (κ2) is 5.24. The van der Waals surface area contributed by atoms with E-state index in [2.05, 4.69) is 10.3 Å². The molecule has 1 aliphatic rings. The highest BCUT2D eigenvalue weighted by Crippen LogP contribution is 2.35. The van der Waals surface area contributed by atoms with Gasteiger partial charge in [-0.15, -0.1) is 0 Å². The maximum absolute atomic E-state index is 12.3. The number of carbonyl (C=O) groups excluding carboxylic acids is 1. The van der Waals surface area contributed by atoms with Crippen molar-refractivity contribution in [2.75, 3.05) is 5.32 Å². The summed E-state index contributed by atoms with van der Waals surface area (Å²) < 4.78 is 11.5. The van der Waals surface area contributed by atoms with Gasteiger partial charge in [0.05, 0.1) is 12.0 Å². The van der Waals surface area contributed by atoms with Gasteiger partial charge in [0.1, 0.15) is 16.9 Å². The SMILES string of the molecule is CC1(C)CC(=O)c2cc(Nc3nc4cc(Cl)ccc4o3)ccc2O1. The van der Waals surface area contributed by atoms with Gasteiger partial charge in [0.15, 0.2) is 11.4 Å². The van der Waals surface area contributed by atoms with Gasteiger partial charge in [0.25, 0.3) is 6.01 Å². The van der Waals surface area contributed by atoms with E-state index in [0.717, 1.165) is 0 Å². The summed E-state index contributed by atoms with van der Waals surface area (Å²) in [6.07, 6.45) is 0.352. The van der Waals surface area contributed by atoms with Gasteiger partial charge in [0, 0.05) is 10.7 Å². The van der Waals surface area contributed by atoms with Gasteiger partial charge in [0.2, 0.25) is 0 Å². The molecule has 0 fully saturated rings. The van der Waals surface area contributed by atoms with E-state index in [9.17, 15) is 4.79 Å². The van der Waals surface area contributed by atoms with Crippen LogP contribution in [0.2, 0.25) is 5.02 Å². The molecule has 0 atom stereocenters. The van der Waals surface area contributed by atoms with Crippen molar-refractivity contribution in [3.63, 3.8) is 0 Å². The molecule has 1 aliphatic heterocycles. The molecule has 2 heterocycles. The fourth-order valence-electron chi connectivity index (χ4n) is 2.81. The van der Waals surface area contributed by atoms with Gasteiger partial charge in [-0.2, -0.15) is 4.98 Å². The Bertz CT molecular complexity index is 962. The van der Waals surface area contributed by atoms with Crippen LogP contribution in [0.25, 0.3) is 11.1 Å². The maximum Gasteiger partial charge on any atom is 0.300 e. The Hall–Kier alpha value is -2.53. The topological polar surface area (TPSA) is 64.4 Å². The molecule has 6 heteroatoms. The number of fused-ring (bicyclic) bond motifs is 2. The van der Waals surface area contributed by atoms with E-state index in [4.69, 9.17) is 20.8 Å². The number of hydrogen-bond acceptors (Lipinski definition) is 5. The fraction of sp³-hybridized carbons (Fsp3) is 0.222. The lowest BCUT2D eigenvalue weighted by Gasteiger charge is -2.31. The number of oxazole rings is 1. The summed E-state index contributed by atoms with van der Waals surface area (Å²) in [7, 11) is 0. The van der Waals surface area contributed by atoms with Gasteiger partial charge in [-0.25, -0.2) is 0 Å². The van der Waals surface area contributed by atoms with Crippen LogP contribution in [-0.4, -0.2) is 16.4 Å². The highest BCUT2D eigenvalue weighted by atomic mass is 35.5. The minimum absolute atomic E-state index is 0.0641. The average Bonchev–Trinajstić information content (AvgIpc) is 2.88. The smallest absolute Gasteiger partial charge is 0.300 e. The number of carbonyl (C=O) groups is 1. The zero-order chi connectivity index (χ0) is 16.9. The lowest BCUT2D eigenvalue weighted by Crippen LogP contribution is -2.35. The van der Waals surface area contributed by atoms with Gasteiger partial charge in [-0.1, -0.05) is 11.6 Å². The highest BCUT2D eigenvalue weighted by Gasteiger charge is 2.32. The third-order valence-corrected chi connectivity index (χ3v) is 4.09. The lowest BCUT2D eigenvalue weighted by molar-refractivity contribution is 0.0620. The van der Waals surface area contributed by atoms with E-state index in [-0.39, 0.29) is 5.78 Å². The van der Waals surface area contributed by atoms with Crippen molar-refractivity contribution in [3.8, 4) is 5.75 Å². The molecule has 1 N–H and O–H groups in total. The molecule has 0 saturated heterocycles. The van der Waals surface area contributed by atoms with Crippen molar-refractivity contribution < 1.29 is 13.9 Å². The first-order valence-electron chi connectivity index (χ1n) is 7.59. The number of rotatable bonds is 2. The predicted molar refractivity (Wildman–Crippen MR) is 92.4 cm³/mol. The Morgan fingerprint density at radius 3 is 2.88 bits per heavy atom. The zero-order valence-corrected chi connectivity index (χ0v) is 14.0. The molecule has 0 aliphatic carbocycles. The summed E-state index contributed by atoms with van der Waals surface area (Å²) in [6, 6.07) is 11.0. The molecule has 0 amide bonds. The number of nitrogens with zero attached hydrogens (tertiary/aromatic N) is 1. The quantitative estimate of drug-likeness (QED) is 0.712. The van der Waals surface area contributed by atoms with E-state index >= 15 is 0 Å². The van der Waals surface area contributed by atoms with Crippen LogP contribution in [0.3, 0.4) is 0 Å². The lowest BCUT2D eigenvalue weighted by atomic mass is 9.93. The van der Waals surface area contributed by atoms with E-state index in [1.807, 2.05) is 19.9 Å². The number of anilines is 2. The van der Waals surface area contributed by atoms with E-state index < -0.39 is 5.60 Å². The molecule has 0 spiro atoms. The third-order valence-electron chi connectivity index (χ3n) is 3.85. The van der Waals surface area contributed by atoms with Crippen molar-refractivity contribution in [2.45, 2.75) is 25.9 Å². The Morgan fingerprint density at radius 1 is 1.21 bits per heavy atom. The molecule has 24 heavy (non-hydrogen) atoms. The van der Waals surface area contributed by atoms with Crippen LogP contribution in [0.1, 0.15) is 30.6 Å². The standard InChI is InChI=1S/C18H15ClN2O3/c1-18(2)9-14(22)12-8-11(4-6-15(12)24-18)20-17-21-13-7-10(19)3-5-16(13)23-17/h3-8H,9H2,1-2H3,(H,20,21). The normalized spacial score (nSPS) is 15.9. The van der Waals surface area contributed by atoms with Gasteiger partial charge < -0.3 is 14.5 Å². The number of aromatic nitrogens is 1. The van der Waals surface area contributed by atoms with Gasteiger partial charge in [-0.3, -0.25) is 4.79 Å². The van der Waals surface area contributed by atoms with Gasteiger partial charge >= 0.3 is 0 Å². The highest BCUT2D eigenvalue weighted by molar-refractivity contribution is 6.31. The monoisotopic (exact) mass is 342 g/mol. The summed E-state index contributed by atoms with van der Waals surface area (Å²) in [4.78, 5) is 16.7. The number of Topliss-reactive ketones (excluding diaryl/α,β-unsaturated/α-hetero) is 1. The Kier molecular flexibility index (Phi) is 3.28. The molecule has 0 radical (unpaired) electrons. The number of hydrogen-bond donors (Lipinski definition) is 1. The second-order valence-corrected chi connectivity index (χ2v) is 6.87. The molecule has 122 valence electrons. The molecule has 5 nitrogen and oxygen atoms in total. The average molecular weight is 343 g/mol. The zero-order valence-electron chi connectivity index (χ0n) is 13.2. The maximum atomic E-state index is 12.3. The summed E-state index contributed by atoms with van der Waals surface area (Å²) in [5.41, 5.74) is 2.12. The first-order chi connectivity index (χ1) is 11.4. The first kappa shape index (κ1) is 15.0. The molecule has 1 aromatic heterocycles. The first-order valence-corrected chi connectivity index (χ1v) is 7.97. The van der Waals surface area contributed by atoms with Crippen molar-refractivity contribution in [3.05, 3.63) is 47.0 Å². The van der Waals surface area contributed by atoms with Crippen LogP contribution in [0.15, 0.2) is 40.8 Å². The van der Waals surface area contributed by atoms with Crippen LogP contribution in [0.4, 0.5) is 11.7 Å². The molecule has 0 unspecified atom stereocenters. The van der Waals surface area contributed by atoms with E-state index in [1.54, 1.807) is 30.3 Å². The van der Waals surface area contributed by atoms with Crippen molar-refractivity contribution in [1.82, 2.24) is 4.98 Å². The van der Waals surface area contributed by atoms with E-state index in [1.165, 1.54) is 0 Å². The van der Waals surface area contributed by atoms with Crippen molar-refractivity contribution in [1.29, 1.82) is 0 Å². The molecule has 2 aromatic carbocycles. The van der Waals surface area contributed by atoms with Gasteiger partial charge in [-0.05, 0) is 50.2 Å². The molecular formula is C18H15ClN2O3. The van der Waals surface area contributed by atoms with Crippen LogP contribution >= 0.6 is 11.6 Å². The Morgan fingerprint density at radius 2 is 2.04 bits per heavy atom. The summed E-state index contributed by atoms with van der Waals surface area (Å²) in [5.74, 6) is 0.667. The van der Waals surface area contributed by atoms with Crippen LogP contribution in [0.5, 0.6) is 5.75 Å². The summed E-state index contributed by atoms with van der Waals surface area (Å²) >= 11 is 5.95. The fourth-order valence-corrected chi connectivity index (χ4v) is 2.97. The molecule has 4 rings (SSSR count). The van der Waals surface area contributed by atoms with E-state index in [0.29, 0.717) is 45.6 Å². The largest absolute Gasteiger partial charge is 0.487 e. The van der Waals surface area contributed by atoms with Crippen LogP contribution in [0, 0.1) is 0 Å². The third kappa shape index (κ3) is 2.71. The number of nitrogens with one attached hydrogen (secondary N) is 1. The van der Waals surface area contributed by atoms with Crippen LogP contribution < -0.4 is 10.1 Å². The summed E-state index contributed by atoms with van der Waals surface area (Å²) in [5, 5.41) is 3.67. The number of halogens is 1. The minimum Gasteiger partial charge on any atom is -0.487 e. The Balaban J connectivity index is 1.65. The second-order valence-electron chi connectivity index (χ2n) is 6.43. The number of ketones is 1. The van der Waals surface area contributed by atoms with Crippen molar-refractivity contribution >= 4 is 40.2 Å².